The van der Waals surface area contributed by atoms with Gasteiger partial charge in [-0.15, -0.1) is 0 Å². The summed E-state index contributed by atoms with van der Waals surface area (Å²) in [6, 6.07) is 3.90. The fraction of sp³-hybridized carbons (Fsp3) is 0.273. The Kier molecular flexibility index (Phi) is 4.45. The lowest BCUT2D eigenvalue weighted by Crippen LogP contribution is -2.25. The van der Waals surface area contributed by atoms with E-state index in [1.54, 1.807) is 0 Å². The van der Waals surface area contributed by atoms with E-state index in [4.69, 9.17) is 9.84 Å². The first-order chi connectivity index (χ1) is 8.02. The van der Waals surface area contributed by atoms with Crippen molar-refractivity contribution in [3.63, 3.8) is 0 Å². The highest BCUT2D eigenvalue weighted by molar-refractivity contribution is 5.93. The molecule has 0 radical (unpaired) electrons. The molecule has 1 amide bonds. The monoisotopic (exact) mass is 241 g/mol. The SMILES string of the molecule is COc1ccc(F)cc1CNC(=O)CC(=O)O. The van der Waals surface area contributed by atoms with E-state index in [-0.39, 0.29) is 6.54 Å². The number of rotatable bonds is 5. The molecule has 0 spiro atoms. The average Bonchev–Trinajstić information content (AvgIpc) is 2.25. The number of carbonyl (C=O) groups is 2. The zero-order valence-electron chi connectivity index (χ0n) is 9.20. The Hall–Kier alpha value is -2.11. The molecule has 0 aliphatic rings. The maximum atomic E-state index is 13.0. The molecule has 0 aliphatic carbocycles. The van der Waals surface area contributed by atoms with Crippen molar-refractivity contribution in [1.29, 1.82) is 0 Å². The summed E-state index contributed by atoms with van der Waals surface area (Å²) >= 11 is 0. The quantitative estimate of drug-likeness (QED) is 0.752. The normalized spacial score (nSPS) is 9.76. The molecule has 2 N–H and O–H groups in total. The van der Waals surface area contributed by atoms with Crippen molar-refractivity contribution in [3.8, 4) is 5.75 Å². The van der Waals surface area contributed by atoms with Crippen LogP contribution >= 0.6 is 0 Å². The van der Waals surface area contributed by atoms with Gasteiger partial charge in [-0.2, -0.15) is 0 Å². The Morgan fingerprint density at radius 3 is 2.76 bits per heavy atom. The summed E-state index contributed by atoms with van der Waals surface area (Å²) in [4.78, 5) is 21.3. The first-order valence-electron chi connectivity index (χ1n) is 4.84. The largest absolute Gasteiger partial charge is 0.496 e. The van der Waals surface area contributed by atoms with E-state index in [0.29, 0.717) is 11.3 Å². The van der Waals surface area contributed by atoms with Crippen molar-refractivity contribution in [2.24, 2.45) is 0 Å². The van der Waals surface area contributed by atoms with Gasteiger partial charge in [-0.05, 0) is 18.2 Å². The number of carboxylic acid groups (broad SMARTS) is 1. The van der Waals surface area contributed by atoms with E-state index in [9.17, 15) is 14.0 Å². The fourth-order valence-corrected chi connectivity index (χ4v) is 1.28. The zero-order chi connectivity index (χ0) is 12.8. The molecule has 1 rings (SSSR count). The van der Waals surface area contributed by atoms with Crippen LogP contribution < -0.4 is 10.1 Å². The van der Waals surface area contributed by atoms with E-state index < -0.39 is 24.1 Å². The lowest BCUT2D eigenvalue weighted by atomic mass is 10.2. The van der Waals surface area contributed by atoms with Crippen molar-refractivity contribution < 1.29 is 23.8 Å². The molecule has 0 saturated heterocycles. The highest BCUT2D eigenvalue weighted by atomic mass is 19.1. The summed E-state index contributed by atoms with van der Waals surface area (Å²) in [5, 5.41) is 10.7. The molecular weight excluding hydrogens is 229 g/mol. The molecule has 0 aromatic heterocycles. The van der Waals surface area contributed by atoms with E-state index in [1.807, 2.05) is 0 Å². The van der Waals surface area contributed by atoms with Gasteiger partial charge in [-0.1, -0.05) is 0 Å². The predicted molar refractivity (Wildman–Crippen MR) is 57.1 cm³/mol. The van der Waals surface area contributed by atoms with Gasteiger partial charge in [0.1, 0.15) is 18.0 Å². The van der Waals surface area contributed by atoms with Crippen LogP contribution in [-0.2, 0) is 16.1 Å². The molecule has 1 aromatic carbocycles. The van der Waals surface area contributed by atoms with Crippen LogP contribution in [0.2, 0.25) is 0 Å². The van der Waals surface area contributed by atoms with Crippen LogP contribution in [0, 0.1) is 5.82 Å². The average molecular weight is 241 g/mol. The predicted octanol–water partition coefficient (Wildman–Crippen LogP) is 0.925. The maximum Gasteiger partial charge on any atom is 0.312 e. The summed E-state index contributed by atoms with van der Waals surface area (Å²) in [6.07, 6.45) is -0.613. The van der Waals surface area contributed by atoms with Crippen LogP contribution in [-0.4, -0.2) is 24.1 Å². The summed E-state index contributed by atoms with van der Waals surface area (Å²) in [5.41, 5.74) is 0.450. The highest BCUT2D eigenvalue weighted by Gasteiger charge is 2.09. The van der Waals surface area contributed by atoms with E-state index in [1.165, 1.54) is 25.3 Å². The van der Waals surface area contributed by atoms with E-state index >= 15 is 0 Å². The molecule has 0 atom stereocenters. The molecule has 0 saturated carbocycles. The number of halogens is 1. The van der Waals surface area contributed by atoms with Gasteiger partial charge in [-0.3, -0.25) is 9.59 Å². The minimum Gasteiger partial charge on any atom is -0.496 e. The Morgan fingerprint density at radius 1 is 1.47 bits per heavy atom. The molecule has 0 heterocycles. The van der Waals surface area contributed by atoms with E-state index in [0.717, 1.165) is 0 Å². The minimum atomic E-state index is -1.21. The second-order valence-electron chi connectivity index (χ2n) is 3.30. The summed E-state index contributed by atoms with van der Waals surface area (Å²) in [6.45, 7) is 0.0209. The summed E-state index contributed by atoms with van der Waals surface area (Å²) < 4.78 is 17.9. The number of carbonyl (C=O) groups excluding carboxylic acids is 1. The Labute approximate surface area is 97.2 Å². The van der Waals surface area contributed by atoms with Gasteiger partial charge >= 0.3 is 5.97 Å². The molecule has 92 valence electrons. The van der Waals surface area contributed by atoms with Gasteiger partial charge < -0.3 is 15.2 Å². The molecule has 6 heteroatoms. The minimum absolute atomic E-state index is 0.0209. The maximum absolute atomic E-state index is 13.0. The van der Waals surface area contributed by atoms with Gasteiger partial charge in [-0.25, -0.2) is 4.39 Å². The molecule has 17 heavy (non-hydrogen) atoms. The topological polar surface area (TPSA) is 75.6 Å². The van der Waals surface area contributed by atoms with Crippen molar-refractivity contribution in [3.05, 3.63) is 29.6 Å². The third kappa shape index (κ3) is 4.10. The highest BCUT2D eigenvalue weighted by Crippen LogP contribution is 2.18. The van der Waals surface area contributed by atoms with Crippen LogP contribution in [0.5, 0.6) is 5.75 Å². The molecule has 0 bridgehead atoms. The first kappa shape index (κ1) is 13.0. The number of hydrogen-bond donors (Lipinski definition) is 2. The third-order valence-electron chi connectivity index (χ3n) is 2.03. The van der Waals surface area contributed by atoms with Crippen LogP contribution in [0.1, 0.15) is 12.0 Å². The van der Waals surface area contributed by atoms with Crippen molar-refractivity contribution >= 4 is 11.9 Å². The Morgan fingerprint density at radius 2 is 2.18 bits per heavy atom. The number of ether oxygens (including phenoxy) is 1. The van der Waals surface area contributed by atoms with Crippen molar-refractivity contribution in [1.82, 2.24) is 5.32 Å². The molecule has 1 aromatic rings. The molecular formula is C11H12FNO4. The zero-order valence-corrected chi connectivity index (χ0v) is 9.20. The number of amides is 1. The summed E-state index contributed by atoms with van der Waals surface area (Å²) in [5.74, 6) is -1.87. The number of aliphatic carboxylic acids is 1. The molecule has 5 nitrogen and oxygen atoms in total. The first-order valence-corrected chi connectivity index (χ1v) is 4.84. The van der Waals surface area contributed by atoms with Crippen molar-refractivity contribution in [2.45, 2.75) is 13.0 Å². The van der Waals surface area contributed by atoms with Gasteiger partial charge in [0.05, 0.1) is 7.11 Å². The Bertz CT molecular complexity index is 433. The number of benzene rings is 1. The number of nitrogens with one attached hydrogen (secondary N) is 1. The lowest BCUT2D eigenvalue weighted by molar-refractivity contribution is -0.140. The number of carboxylic acids is 1. The van der Waals surface area contributed by atoms with Crippen LogP contribution in [0.3, 0.4) is 0 Å². The second-order valence-corrected chi connectivity index (χ2v) is 3.30. The Balaban J connectivity index is 2.65. The van der Waals surface area contributed by atoms with Crippen LogP contribution in [0.15, 0.2) is 18.2 Å². The number of methoxy groups -OCH3 is 1. The van der Waals surface area contributed by atoms with Gasteiger partial charge in [0.15, 0.2) is 0 Å². The van der Waals surface area contributed by atoms with Gasteiger partial charge in [0.25, 0.3) is 0 Å². The van der Waals surface area contributed by atoms with Crippen molar-refractivity contribution in [2.75, 3.05) is 7.11 Å². The molecule has 0 aliphatic heterocycles. The second kappa shape index (κ2) is 5.83. The third-order valence-corrected chi connectivity index (χ3v) is 2.03. The lowest BCUT2D eigenvalue weighted by Gasteiger charge is -2.09. The molecule has 0 unspecified atom stereocenters. The van der Waals surface area contributed by atoms with Crippen LogP contribution in [0.4, 0.5) is 4.39 Å². The fourth-order valence-electron chi connectivity index (χ4n) is 1.28. The van der Waals surface area contributed by atoms with E-state index in [2.05, 4.69) is 5.32 Å². The number of hydrogen-bond acceptors (Lipinski definition) is 3. The van der Waals surface area contributed by atoms with Gasteiger partial charge in [0.2, 0.25) is 5.91 Å². The molecule has 0 fully saturated rings. The smallest absolute Gasteiger partial charge is 0.312 e. The van der Waals surface area contributed by atoms with Crippen LogP contribution in [0.25, 0.3) is 0 Å². The van der Waals surface area contributed by atoms with Gasteiger partial charge in [0, 0.05) is 12.1 Å². The standard InChI is InChI=1S/C11H12FNO4/c1-17-9-3-2-8(12)4-7(9)6-13-10(14)5-11(15)16/h2-4H,5-6H2,1H3,(H,13,14)(H,15,16). The summed E-state index contributed by atoms with van der Waals surface area (Å²) in [7, 11) is 1.43.